The zero-order valence-corrected chi connectivity index (χ0v) is 46.2. The highest BCUT2D eigenvalue weighted by Crippen LogP contribution is 2.41. The molecule has 6 aliphatic heterocycles. The lowest BCUT2D eigenvalue weighted by molar-refractivity contribution is -0.376. The second-order valence-corrected chi connectivity index (χ2v) is 23.9. The Bertz CT molecular complexity index is 2260. The largest absolute Gasteiger partial charge is 0.469 e. The summed E-state index contributed by atoms with van der Waals surface area (Å²) in [6.45, 7) is 13.6. The van der Waals surface area contributed by atoms with E-state index in [1.165, 1.54) is 40.9 Å². The third kappa shape index (κ3) is 15.5. The number of aliphatic hydroxyl groups is 5. The average molecular weight is 1170 g/mol. The standard InChI is InChI=1S/C44H76O29S3/c1-16-12-26(45)19(4)40(63-16)72-37-28(14-61-75(53,54)55)67-43(22(7)32(37)48)71-36-25(10)65-42(21(6)31(36)47)73-38-29(15-62-76(56,57)58)68-44(23(8)33(38)49)70-35-24(9)64-41(20(5)30(35)46)69-34-17(2)18(3)39(59-11)66-27(34)13-60-74(50,51)52/h12,17-49H,13-15H2,1-11H3,(H,50,51,52)(H,53,54,55)(H,56,57,58)/t17-,18?,19?,20?,21?,22?,23?,24?,25?,26-,27?,28?,29?,30+,31+,32-,33-,34+,35+,36+,37-,38-,39+,40+,41+,42+,43-,44-/m1/s1. The summed E-state index contributed by atoms with van der Waals surface area (Å²) < 4.78 is 185. The number of hydrogen-bond acceptors (Lipinski definition) is 26. The van der Waals surface area contributed by atoms with Crippen molar-refractivity contribution in [1.29, 1.82) is 0 Å². The first-order valence-electron chi connectivity index (χ1n) is 24.9. The molecule has 5 saturated heterocycles. The van der Waals surface area contributed by atoms with Crippen molar-refractivity contribution in [3.05, 3.63) is 11.8 Å². The highest BCUT2D eigenvalue weighted by Gasteiger charge is 2.55. The topological polar surface area (TPSA) is 403 Å². The van der Waals surface area contributed by atoms with Crippen molar-refractivity contribution >= 4 is 31.2 Å². The van der Waals surface area contributed by atoms with Crippen LogP contribution >= 0.6 is 0 Å². The van der Waals surface area contributed by atoms with Crippen LogP contribution in [0.4, 0.5) is 0 Å². The van der Waals surface area contributed by atoms with Crippen molar-refractivity contribution in [3.63, 3.8) is 0 Å². The Morgan fingerprint density at radius 1 is 0.421 bits per heavy atom. The Labute approximate surface area is 442 Å². The van der Waals surface area contributed by atoms with Crippen LogP contribution in [0, 0.1) is 41.4 Å². The Morgan fingerprint density at radius 2 is 0.737 bits per heavy atom. The monoisotopic (exact) mass is 1160 g/mol. The van der Waals surface area contributed by atoms with Crippen LogP contribution < -0.4 is 0 Å². The molecule has 5 fully saturated rings. The van der Waals surface area contributed by atoms with Gasteiger partial charge in [0.15, 0.2) is 31.5 Å². The van der Waals surface area contributed by atoms with E-state index in [1.807, 2.05) is 13.8 Å². The maximum atomic E-state index is 11.9. The molecule has 0 radical (unpaired) electrons. The maximum Gasteiger partial charge on any atom is 0.397 e. The van der Waals surface area contributed by atoms with E-state index in [4.69, 9.17) is 56.8 Å². The van der Waals surface area contributed by atoms with Gasteiger partial charge in [0.2, 0.25) is 6.29 Å². The van der Waals surface area contributed by atoms with E-state index in [0.29, 0.717) is 5.76 Å². The highest BCUT2D eigenvalue weighted by molar-refractivity contribution is 7.81. The summed E-state index contributed by atoms with van der Waals surface area (Å²) in [6, 6.07) is 0. The molecule has 444 valence electrons. The van der Waals surface area contributed by atoms with Crippen LogP contribution in [0.3, 0.4) is 0 Å². The van der Waals surface area contributed by atoms with Gasteiger partial charge in [-0.05, 0) is 32.8 Å². The molecule has 32 heteroatoms. The molecular formula is C44H76O29S3. The van der Waals surface area contributed by atoms with Gasteiger partial charge in [-0.2, -0.15) is 25.3 Å². The van der Waals surface area contributed by atoms with E-state index in [-0.39, 0.29) is 11.8 Å². The summed E-state index contributed by atoms with van der Waals surface area (Å²) >= 11 is 0. The molecule has 0 bridgehead atoms. The quantitative estimate of drug-likeness (QED) is 0.0692. The van der Waals surface area contributed by atoms with Crippen LogP contribution in [0.1, 0.15) is 69.2 Å². The number of methoxy groups -OCH3 is 1. The van der Waals surface area contributed by atoms with E-state index in [0.717, 1.165) is 0 Å². The first kappa shape index (κ1) is 63.7. The third-order valence-electron chi connectivity index (χ3n) is 15.2. The van der Waals surface area contributed by atoms with Crippen molar-refractivity contribution < 1.29 is 134 Å². The van der Waals surface area contributed by atoms with Crippen molar-refractivity contribution in [2.75, 3.05) is 26.9 Å². The molecule has 8 N–H and O–H groups in total. The molecule has 6 rings (SSSR count). The molecule has 6 aliphatic rings. The number of hydrogen-bond donors (Lipinski definition) is 8. The second kappa shape index (κ2) is 25.8. The molecular weight excluding hydrogens is 1090 g/mol. The molecule has 11 unspecified atom stereocenters. The van der Waals surface area contributed by atoms with Gasteiger partial charge in [0.25, 0.3) is 0 Å². The fraction of sp³-hybridized carbons (Fsp3) is 0.955. The van der Waals surface area contributed by atoms with Gasteiger partial charge in [0.1, 0.15) is 42.7 Å². The van der Waals surface area contributed by atoms with Crippen LogP contribution in [0.15, 0.2) is 11.8 Å². The minimum absolute atomic E-state index is 0.284. The SMILES string of the molecule is CO[C@H]1OC(COS(=O)(=O)O)[C@@H](O[C@@H]2OC(C)[C@H](O[C@H]3OC(COS(=O)(=O)O)[C@@H](O[C@@H]4OC(C)[C@H](O[C@H]5OC(COS(=O)(=O)O)[C@@H](O[C@@H]6OC(C)=C[C@@H](O)C6C)[C@H](O)C5C)[C@@H](O)C4C)[C@H](O)C3C)[C@@H](O)C2C)[C@H](C)C1C. The third-order valence-corrected chi connectivity index (χ3v) is 16.5. The fourth-order valence-corrected chi connectivity index (χ4v) is 11.1. The molecule has 0 amide bonds. The summed E-state index contributed by atoms with van der Waals surface area (Å²) in [5.74, 6) is -4.83. The first-order chi connectivity index (χ1) is 35.2. The van der Waals surface area contributed by atoms with Gasteiger partial charge in [0.05, 0.1) is 74.4 Å². The lowest BCUT2D eigenvalue weighted by atomic mass is 9.84. The summed E-state index contributed by atoms with van der Waals surface area (Å²) in [5, 5.41) is 57.4. The maximum absolute atomic E-state index is 11.9. The average Bonchev–Trinajstić information content (AvgIpc) is 3.32. The number of allylic oxidation sites excluding steroid dienone is 1. The molecule has 0 aliphatic carbocycles. The Kier molecular flexibility index (Phi) is 21.6. The zero-order valence-electron chi connectivity index (χ0n) is 43.7. The van der Waals surface area contributed by atoms with Gasteiger partial charge in [-0.1, -0.05) is 48.5 Å². The van der Waals surface area contributed by atoms with E-state index >= 15 is 0 Å². The Hall–Kier alpha value is -1.49. The van der Waals surface area contributed by atoms with Crippen LogP contribution in [0.5, 0.6) is 0 Å². The number of rotatable bonds is 20. The van der Waals surface area contributed by atoms with Gasteiger partial charge in [0, 0.05) is 42.6 Å². The predicted octanol–water partition coefficient (Wildman–Crippen LogP) is -0.801. The molecule has 6 heterocycles. The van der Waals surface area contributed by atoms with E-state index in [2.05, 4.69) is 12.5 Å². The predicted molar refractivity (Wildman–Crippen MR) is 251 cm³/mol. The highest BCUT2D eigenvalue weighted by atomic mass is 32.3. The summed E-state index contributed by atoms with van der Waals surface area (Å²) in [5.41, 5.74) is 0. The summed E-state index contributed by atoms with van der Waals surface area (Å²) in [7, 11) is -13.6. The number of ether oxygens (including phenoxy) is 12. The fourth-order valence-electron chi connectivity index (χ4n) is 10.2. The first-order valence-corrected chi connectivity index (χ1v) is 29.0. The number of aliphatic hydroxyl groups excluding tert-OH is 5. The molecule has 0 saturated carbocycles. The van der Waals surface area contributed by atoms with E-state index < -0.39 is 210 Å². The Balaban J connectivity index is 1.12. The lowest BCUT2D eigenvalue weighted by Crippen LogP contribution is -2.64. The van der Waals surface area contributed by atoms with Gasteiger partial charge in [-0.15, -0.1) is 0 Å². The molecule has 0 aromatic carbocycles. The lowest BCUT2D eigenvalue weighted by Gasteiger charge is -2.50. The normalized spacial score (nSPS) is 47.0. The smallest absolute Gasteiger partial charge is 0.397 e. The van der Waals surface area contributed by atoms with Crippen molar-refractivity contribution in [2.24, 2.45) is 41.4 Å². The molecule has 28 atom stereocenters. The molecule has 0 aromatic heterocycles. The van der Waals surface area contributed by atoms with Crippen molar-refractivity contribution in [3.8, 4) is 0 Å². The van der Waals surface area contributed by atoms with Crippen LogP contribution in [0.25, 0.3) is 0 Å². The minimum atomic E-state index is -5.11. The molecule has 0 spiro atoms. The molecule has 29 nitrogen and oxygen atoms in total. The molecule has 76 heavy (non-hydrogen) atoms. The summed E-state index contributed by atoms with van der Waals surface area (Å²) in [6.07, 6.45) is -25.0. The van der Waals surface area contributed by atoms with Gasteiger partial charge >= 0.3 is 31.2 Å². The van der Waals surface area contributed by atoms with E-state index in [1.54, 1.807) is 27.7 Å². The van der Waals surface area contributed by atoms with Crippen molar-refractivity contribution in [2.45, 2.75) is 199 Å². The van der Waals surface area contributed by atoms with Gasteiger partial charge < -0.3 is 82.4 Å². The van der Waals surface area contributed by atoms with Gasteiger partial charge in [-0.3, -0.25) is 13.7 Å². The molecule has 0 aromatic rings. The summed E-state index contributed by atoms with van der Waals surface area (Å²) in [4.78, 5) is 0. The van der Waals surface area contributed by atoms with Gasteiger partial charge in [-0.25, -0.2) is 12.5 Å². The Morgan fingerprint density at radius 3 is 1.12 bits per heavy atom. The zero-order chi connectivity index (χ0) is 56.7. The minimum Gasteiger partial charge on any atom is -0.469 e. The van der Waals surface area contributed by atoms with Crippen LogP contribution in [0.2, 0.25) is 0 Å². The van der Waals surface area contributed by atoms with Crippen molar-refractivity contribution in [1.82, 2.24) is 0 Å². The van der Waals surface area contributed by atoms with Crippen LogP contribution in [-0.2, 0) is 101 Å². The second-order valence-electron chi connectivity index (χ2n) is 20.7. The van der Waals surface area contributed by atoms with E-state index in [9.17, 15) is 64.4 Å². The van der Waals surface area contributed by atoms with Crippen LogP contribution in [-0.4, -0.2) is 221 Å².